The van der Waals surface area contributed by atoms with Crippen molar-refractivity contribution >= 4 is 27.3 Å². The molecule has 0 unspecified atom stereocenters. The quantitative estimate of drug-likeness (QED) is 0.907. The molecule has 1 N–H and O–H groups in total. The predicted molar refractivity (Wildman–Crippen MR) is 81.5 cm³/mol. The highest BCUT2D eigenvalue weighted by Gasteiger charge is 2.38. The summed E-state index contributed by atoms with van der Waals surface area (Å²) in [5.41, 5.74) is 0.243. The molecule has 6 nitrogen and oxygen atoms in total. The standard InChI is InChI=1S/C13H20N2O4S2/c1-9-7-10(20-11(9)12(16)17)21(18,19)15-6-5-14(4)13(2,3)8-15/h7H,5-6,8H2,1-4H3,(H,16,17). The second kappa shape index (κ2) is 5.35. The van der Waals surface area contributed by atoms with Gasteiger partial charge >= 0.3 is 5.97 Å². The molecule has 0 aromatic carbocycles. The number of nitrogens with zero attached hydrogens (tertiary/aromatic N) is 2. The van der Waals surface area contributed by atoms with Crippen molar-refractivity contribution in [3.05, 3.63) is 16.5 Å². The fourth-order valence-electron chi connectivity index (χ4n) is 2.32. The molecule has 1 aromatic rings. The Morgan fingerprint density at radius 1 is 1.38 bits per heavy atom. The van der Waals surface area contributed by atoms with Crippen molar-refractivity contribution in [1.29, 1.82) is 0 Å². The summed E-state index contributed by atoms with van der Waals surface area (Å²) in [5.74, 6) is -1.09. The van der Waals surface area contributed by atoms with Gasteiger partial charge in [0, 0.05) is 25.2 Å². The van der Waals surface area contributed by atoms with Gasteiger partial charge in [0.25, 0.3) is 10.0 Å². The molecular weight excluding hydrogens is 312 g/mol. The van der Waals surface area contributed by atoms with Gasteiger partial charge in [0.2, 0.25) is 0 Å². The Balaban J connectivity index is 2.35. The Bertz CT molecular complexity index is 664. The van der Waals surface area contributed by atoms with Crippen LogP contribution in [-0.2, 0) is 10.0 Å². The monoisotopic (exact) mass is 332 g/mol. The summed E-state index contributed by atoms with van der Waals surface area (Å²) in [6.45, 7) is 7.08. The molecular formula is C13H20N2O4S2. The number of aryl methyl sites for hydroxylation is 1. The maximum Gasteiger partial charge on any atom is 0.346 e. The van der Waals surface area contributed by atoms with Crippen LogP contribution in [0.2, 0.25) is 0 Å². The fraction of sp³-hybridized carbons (Fsp3) is 0.615. The fourth-order valence-corrected chi connectivity index (χ4v) is 5.44. The number of sulfonamides is 1. The van der Waals surface area contributed by atoms with Gasteiger partial charge in [-0.3, -0.25) is 4.90 Å². The Labute approximate surface area is 129 Å². The van der Waals surface area contributed by atoms with Gasteiger partial charge in [0.15, 0.2) is 0 Å². The maximum absolute atomic E-state index is 12.7. The van der Waals surface area contributed by atoms with Crippen molar-refractivity contribution in [2.24, 2.45) is 0 Å². The summed E-state index contributed by atoms with van der Waals surface area (Å²) < 4.78 is 26.9. The van der Waals surface area contributed by atoms with Crippen LogP contribution in [0, 0.1) is 6.92 Å². The summed E-state index contributed by atoms with van der Waals surface area (Å²) in [7, 11) is -1.66. The first-order valence-electron chi connectivity index (χ1n) is 6.61. The molecule has 1 aromatic heterocycles. The molecule has 1 saturated heterocycles. The molecule has 0 saturated carbocycles. The molecule has 2 heterocycles. The lowest BCUT2D eigenvalue weighted by Crippen LogP contribution is -2.58. The smallest absolute Gasteiger partial charge is 0.346 e. The molecule has 1 aliphatic heterocycles. The van der Waals surface area contributed by atoms with E-state index in [9.17, 15) is 13.2 Å². The topological polar surface area (TPSA) is 77.9 Å². The van der Waals surface area contributed by atoms with E-state index >= 15 is 0 Å². The molecule has 21 heavy (non-hydrogen) atoms. The SMILES string of the molecule is Cc1cc(S(=O)(=O)N2CCN(C)C(C)(C)C2)sc1C(=O)O. The van der Waals surface area contributed by atoms with Crippen LogP contribution in [0.1, 0.15) is 29.1 Å². The minimum absolute atomic E-state index is 0.0852. The number of likely N-dealkylation sites (N-methyl/N-ethyl adjacent to an activating group) is 1. The lowest BCUT2D eigenvalue weighted by molar-refractivity contribution is 0.0701. The molecule has 0 amide bonds. The zero-order valence-electron chi connectivity index (χ0n) is 12.6. The number of thiophene rings is 1. The molecule has 1 fully saturated rings. The lowest BCUT2D eigenvalue weighted by atomic mass is 10.0. The highest BCUT2D eigenvalue weighted by Crippen LogP contribution is 2.31. The van der Waals surface area contributed by atoms with Crippen LogP contribution in [0.5, 0.6) is 0 Å². The van der Waals surface area contributed by atoms with Crippen LogP contribution in [0.4, 0.5) is 0 Å². The molecule has 0 spiro atoms. The van der Waals surface area contributed by atoms with Gasteiger partial charge in [-0.15, -0.1) is 11.3 Å². The second-order valence-corrected chi connectivity index (χ2v) is 9.17. The van der Waals surface area contributed by atoms with E-state index in [0.29, 0.717) is 25.2 Å². The van der Waals surface area contributed by atoms with Crippen molar-refractivity contribution in [1.82, 2.24) is 9.21 Å². The predicted octanol–water partition coefficient (Wildman–Crippen LogP) is 1.47. The van der Waals surface area contributed by atoms with E-state index in [1.165, 1.54) is 10.4 Å². The Morgan fingerprint density at radius 3 is 2.48 bits per heavy atom. The minimum Gasteiger partial charge on any atom is -0.477 e. The van der Waals surface area contributed by atoms with E-state index in [1.807, 2.05) is 20.9 Å². The Morgan fingerprint density at radius 2 is 2.00 bits per heavy atom. The van der Waals surface area contributed by atoms with Crippen LogP contribution in [0.25, 0.3) is 0 Å². The molecule has 0 aliphatic carbocycles. The summed E-state index contributed by atoms with van der Waals surface area (Å²) in [6.07, 6.45) is 0. The van der Waals surface area contributed by atoms with Crippen LogP contribution in [0.15, 0.2) is 10.3 Å². The number of hydrogen-bond acceptors (Lipinski definition) is 5. The third-order valence-electron chi connectivity index (χ3n) is 3.97. The highest BCUT2D eigenvalue weighted by atomic mass is 32.2. The van der Waals surface area contributed by atoms with E-state index < -0.39 is 16.0 Å². The third-order valence-corrected chi connectivity index (χ3v) is 7.48. The van der Waals surface area contributed by atoms with E-state index in [1.54, 1.807) is 6.92 Å². The highest BCUT2D eigenvalue weighted by molar-refractivity contribution is 7.91. The van der Waals surface area contributed by atoms with Crippen molar-refractivity contribution in [2.45, 2.75) is 30.5 Å². The van der Waals surface area contributed by atoms with E-state index in [4.69, 9.17) is 5.11 Å². The van der Waals surface area contributed by atoms with Crippen LogP contribution in [-0.4, -0.2) is 60.9 Å². The van der Waals surface area contributed by atoms with Gasteiger partial charge in [0.05, 0.1) is 0 Å². The Kier molecular flexibility index (Phi) is 4.18. The minimum atomic E-state index is -3.63. The molecule has 8 heteroatoms. The van der Waals surface area contributed by atoms with Crippen molar-refractivity contribution in [2.75, 3.05) is 26.7 Å². The number of carbonyl (C=O) groups is 1. The molecule has 2 rings (SSSR count). The second-order valence-electron chi connectivity index (χ2n) is 5.96. The van der Waals surface area contributed by atoms with Gasteiger partial charge in [-0.1, -0.05) is 0 Å². The summed E-state index contributed by atoms with van der Waals surface area (Å²) in [6, 6.07) is 1.45. The zero-order valence-corrected chi connectivity index (χ0v) is 14.2. The van der Waals surface area contributed by atoms with E-state index in [0.717, 1.165) is 11.3 Å². The van der Waals surface area contributed by atoms with Crippen molar-refractivity contribution in [3.63, 3.8) is 0 Å². The van der Waals surface area contributed by atoms with Crippen molar-refractivity contribution in [3.8, 4) is 0 Å². The largest absolute Gasteiger partial charge is 0.477 e. The molecule has 0 radical (unpaired) electrons. The average Bonchev–Trinajstić information content (AvgIpc) is 2.75. The number of piperazine rings is 1. The number of carboxylic acid groups (broad SMARTS) is 1. The van der Waals surface area contributed by atoms with Crippen LogP contribution < -0.4 is 0 Å². The molecule has 0 bridgehead atoms. The van der Waals surface area contributed by atoms with Gasteiger partial charge < -0.3 is 5.11 Å². The summed E-state index contributed by atoms with van der Waals surface area (Å²) in [5, 5.41) is 9.07. The lowest BCUT2D eigenvalue weighted by Gasteiger charge is -2.44. The van der Waals surface area contributed by atoms with Crippen molar-refractivity contribution < 1.29 is 18.3 Å². The average molecular weight is 332 g/mol. The normalized spacial score (nSPS) is 20.6. The van der Waals surface area contributed by atoms with Gasteiger partial charge in [-0.05, 0) is 39.4 Å². The first-order valence-corrected chi connectivity index (χ1v) is 8.86. The zero-order chi connectivity index (χ0) is 16.0. The van der Waals surface area contributed by atoms with Gasteiger partial charge in [-0.25, -0.2) is 13.2 Å². The summed E-state index contributed by atoms with van der Waals surface area (Å²) >= 11 is 0.826. The Hall–Kier alpha value is -0.960. The maximum atomic E-state index is 12.7. The van der Waals surface area contributed by atoms with Crippen LogP contribution in [0.3, 0.4) is 0 Å². The number of rotatable bonds is 3. The van der Waals surface area contributed by atoms with Gasteiger partial charge in [0.1, 0.15) is 9.09 Å². The number of hydrogen-bond donors (Lipinski definition) is 1. The number of aromatic carboxylic acids is 1. The first-order chi connectivity index (χ1) is 9.55. The van der Waals surface area contributed by atoms with Gasteiger partial charge in [-0.2, -0.15) is 4.31 Å². The molecule has 1 aliphatic rings. The van der Waals surface area contributed by atoms with E-state index in [2.05, 4.69) is 4.90 Å². The molecule has 118 valence electrons. The summed E-state index contributed by atoms with van der Waals surface area (Å²) in [4.78, 5) is 13.3. The third kappa shape index (κ3) is 2.98. The molecule has 0 atom stereocenters. The van der Waals surface area contributed by atoms with Crippen LogP contribution >= 0.6 is 11.3 Å². The number of carboxylic acids is 1. The first kappa shape index (κ1) is 16.4. The van der Waals surface area contributed by atoms with E-state index in [-0.39, 0.29) is 14.6 Å².